The van der Waals surface area contributed by atoms with Crippen LogP contribution in [-0.2, 0) is 11.3 Å². The van der Waals surface area contributed by atoms with Crippen LogP contribution in [0.5, 0.6) is 0 Å². The molecule has 66 valence electrons. The van der Waals surface area contributed by atoms with Crippen molar-refractivity contribution < 1.29 is 8.76 Å². The molecule has 0 spiro atoms. The minimum atomic E-state index is -2.23. The van der Waals surface area contributed by atoms with Crippen molar-refractivity contribution in [2.24, 2.45) is 0 Å². The maximum atomic E-state index is 10.3. The van der Waals surface area contributed by atoms with Gasteiger partial charge in [0.25, 0.3) is 0 Å². The van der Waals surface area contributed by atoms with Crippen LogP contribution in [0.15, 0.2) is 18.2 Å². The molecule has 0 aliphatic rings. The predicted octanol–water partition coefficient (Wildman–Crippen LogP) is 1.51. The molecule has 1 aromatic rings. The monoisotopic (exact) mass is 184 g/mol. The Morgan fingerprint density at radius 2 is 2.08 bits per heavy atom. The predicted molar refractivity (Wildman–Crippen MR) is 48.5 cm³/mol. The number of nitrogens with one attached hydrogen (secondary N) is 1. The normalized spacial score (nSPS) is 12.6. The van der Waals surface area contributed by atoms with Crippen LogP contribution in [0.3, 0.4) is 0 Å². The molecule has 1 atom stereocenters. The third-order valence-corrected chi connectivity index (χ3v) is 1.96. The molecular weight excluding hydrogens is 174 g/mol. The minimum absolute atomic E-state index is 0.633. The lowest BCUT2D eigenvalue weighted by atomic mass is 10.1. The van der Waals surface area contributed by atoms with E-state index >= 15 is 0 Å². The van der Waals surface area contributed by atoms with E-state index in [1.807, 2.05) is 26.0 Å². The second kappa shape index (κ2) is 3.69. The van der Waals surface area contributed by atoms with Gasteiger partial charge in [-0.3, -0.25) is 4.21 Å². The first kappa shape index (κ1) is 9.22. The summed E-state index contributed by atoms with van der Waals surface area (Å²) in [4.78, 5) is 0. The summed E-state index contributed by atoms with van der Waals surface area (Å²) < 4.78 is 22.9. The maximum absolute atomic E-state index is 10.3. The standard InChI is InChI=1S/C8H11NO2S/c1-6-3-4-8(7(2)5-6)9-12(10)11/h3-5,9H,1-2H3,(H,10,11)/p-1. The zero-order valence-electron chi connectivity index (χ0n) is 6.96. The van der Waals surface area contributed by atoms with Gasteiger partial charge in [-0.25, -0.2) is 0 Å². The van der Waals surface area contributed by atoms with E-state index < -0.39 is 11.3 Å². The van der Waals surface area contributed by atoms with Crippen LogP contribution < -0.4 is 4.72 Å². The molecule has 0 saturated carbocycles. The van der Waals surface area contributed by atoms with Crippen molar-refractivity contribution in [2.45, 2.75) is 13.8 Å². The molecule has 0 fully saturated rings. The lowest BCUT2D eigenvalue weighted by molar-refractivity contribution is 0.542. The van der Waals surface area contributed by atoms with E-state index in [1.165, 1.54) is 0 Å². The van der Waals surface area contributed by atoms with Gasteiger partial charge < -0.3 is 9.27 Å². The molecule has 0 saturated heterocycles. The van der Waals surface area contributed by atoms with Crippen molar-refractivity contribution in [3.8, 4) is 0 Å². The fourth-order valence-corrected chi connectivity index (χ4v) is 1.43. The average Bonchev–Trinajstić information content (AvgIpc) is 1.94. The summed E-state index contributed by atoms with van der Waals surface area (Å²) >= 11 is -2.23. The second-order valence-corrected chi connectivity index (χ2v) is 3.33. The summed E-state index contributed by atoms with van der Waals surface area (Å²) in [6.45, 7) is 3.83. The van der Waals surface area contributed by atoms with Gasteiger partial charge in [0.15, 0.2) is 0 Å². The Labute approximate surface area is 74.2 Å². The Kier molecular flexibility index (Phi) is 2.83. The fraction of sp³-hybridized carbons (Fsp3) is 0.250. The molecule has 3 nitrogen and oxygen atoms in total. The summed E-state index contributed by atoms with van der Waals surface area (Å²) in [6.07, 6.45) is 0. The summed E-state index contributed by atoms with van der Waals surface area (Å²) in [6, 6.07) is 5.54. The van der Waals surface area contributed by atoms with Gasteiger partial charge in [-0.2, -0.15) is 0 Å². The zero-order valence-corrected chi connectivity index (χ0v) is 7.77. The highest BCUT2D eigenvalue weighted by Crippen LogP contribution is 2.15. The Balaban J connectivity index is 2.93. The third kappa shape index (κ3) is 2.32. The van der Waals surface area contributed by atoms with Crippen LogP contribution >= 0.6 is 0 Å². The minimum Gasteiger partial charge on any atom is -0.755 e. The molecule has 1 rings (SSSR count). The highest BCUT2D eigenvalue weighted by atomic mass is 32.2. The van der Waals surface area contributed by atoms with Gasteiger partial charge in [-0.05, 0) is 25.5 Å². The molecule has 1 unspecified atom stereocenters. The first-order chi connectivity index (χ1) is 5.59. The van der Waals surface area contributed by atoms with E-state index in [9.17, 15) is 8.76 Å². The van der Waals surface area contributed by atoms with E-state index in [-0.39, 0.29) is 0 Å². The van der Waals surface area contributed by atoms with Crippen LogP contribution in [0.25, 0.3) is 0 Å². The van der Waals surface area contributed by atoms with Crippen LogP contribution in [0, 0.1) is 13.8 Å². The van der Waals surface area contributed by atoms with Crippen molar-refractivity contribution in [3.05, 3.63) is 29.3 Å². The van der Waals surface area contributed by atoms with Crippen molar-refractivity contribution in [2.75, 3.05) is 4.72 Å². The quantitative estimate of drug-likeness (QED) is 0.708. The van der Waals surface area contributed by atoms with E-state index in [4.69, 9.17) is 0 Å². The first-order valence-corrected chi connectivity index (χ1v) is 4.60. The van der Waals surface area contributed by atoms with Gasteiger partial charge in [0.05, 0.1) is 0 Å². The number of hydrogen-bond acceptors (Lipinski definition) is 2. The molecule has 0 aromatic heterocycles. The molecule has 12 heavy (non-hydrogen) atoms. The number of benzene rings is 1. The van der Waals surface area contributed by atoms with Crippen LogP contribution in [0.1, 0.15) is 11.1 Å². The number of aryl methyl sites for hydroxylation is 2. The molecule has 0 radical (unpaired) electrons. The summed E-state index contributed by atoms with van der Waals surface area (Å²) in [7, 11) is 0. The topological polar surface area (TPSA) is 52.2 Å². The lowest BCUT2D eigenvalue weighted by Crippen LogP contribution is -2.03. The zero-order chi connectivity index (χ0) is 9.14. The smallest absolute Gasteiger partial charge is 0.0481 e. The molecular formula is C8H10NO2S-. The molecule has 0 aliphatic carbocycles. The number of rotatable bonds is 2. The number of hydrogen-bond donors (Lipinski definition) is 1. The number of anilines is 1. The van der Waals surface area contributed by atoms with Crippen LogP contribution in [-0.4, -0.2) is 8.76 Å². The molecule has 4 heteroatoms. The van der Waals surface area contributed by atoms with E-state index in [0.717, 1.165) is 11.1 Å². The first-order valence-electron chi connectivity index (χ1n) is 3.53. The van der Waals surface area contributed by atoms with Crippen molar-refractivity contribution in [1.82, 2.24) is 0 Å². The van der Waals surface area contributed by atoms with Gasteiger partial charge >= 0.3 is 0 Å². The lowest BCUT2D eigenvalue weighted by Gasteiger charge is -2.11. The largest absolute Gasteiger partial charge is 0.755 e. The van der Waals surface area contributed by atoms with Gasteiger partial charge in [0.1, 0.15) is 0 Å². The van der Waals surface area contributed by atoms with Crippen molar-refractivity contribution in [3.63, 3.8) is 0 Å². The summed E-state index contributed by atoms with van der Waals surface area (Å²) in [5.74, 6) is 0. The Hall–Kier alpha value is -0.870. The highest BCUT2D eigenvalue weighted by molar-refractivity contribution is 7.80. The Bertz CT molecular complexity index is 312. The Morgan fingerprint density at radius 3 is 2.58 bits per heavy atom. The van der Waals surface area contributed by atoms with Gasteiger partial charge in [-0.1, -0.05) is 17.7 Å². The molecule has 1 N–H and O–H groups in total. The molecule has 0 aliphatic heterocycles. The van der Waals surface area contributed by atoms with E-state index in [0.29, 0.717) is 5.69 Å². The van der Waals surface area contributed by atoms with Gasteiger partial charge in [-0.15, -0.1) is 0 Å². The molecule has 0 bridgehead atoms. The van der Waals surface area contributed by atoms with Crippen molar-refractivity contribution in [1.29, 1.82) is 0 Å². The van der Waals surface area contributed by atoms with Gasteiger partial charge in [0.2, 0.25) is 0 Å². The van der Waals surface area contributed by atoms with E-state index in [2.05, 4.69) is 4.72 Å². The van der Waals surface area contributed by atoms with Crippen molar-refractivity contribution >= 4 is 17.0 Å². The van der Waals surface area contributed by atoms with Crippen LogP contribution in [0.2, 0.25) is 0 Å². The molecule has 1 aromatic carbocycles. The van der Waals surface area contributed by atoms with Gasteiger partial charge in [0, 0.05) is 17.0 Å². The summed E-state index contributed by atoms with van der Waals surface area (Å²) in [5.41, 5.74) is 2.68. The SMILES string of the molecule is Cc1ccc(NS(=O)[O-])c(C)c1. The summed E-state index contributed by atoms with van der Waals surface area (Å²) in [5, 5.41) is 0. The maximum Gasteiger partial charge on any atom is 0.0481 e. The van der Waals surface area contributed by atoms with Crippen LogP contribution in [0.4, 0.5) is 5.69 Å². The average molecular weight is 184 g/mol. The highest BCUT2D eigenvalue weighted by Gasteiger charge is 1.95. The van der Waals surface area contributed by atoms with E-state index in [1.54, 1.807) is 6.07 Å². The Morgan fingerprint density at radius 1 is 1.42 bits per heavy atom. The third-order valence-electron chi connectivity index (χ3n) is 1.58. The molecule has 0 amide bonds. The fourth-order valence-electron chi connectivity index (χ4n) is 1.02. The second-order valence-electron chi connectivity index (χ2n) is 2.66. The molecule has 0 heterocycles.